The Kier molecular flexibility index (Phi) is 3.22. The lowest BCUT2D eigenvalue weighted by Crippen LogP contribution is -2.25. The van der Waals surface area contributed by atoms with Crippen molar-refractivity contribution in [3.8, 4) is 0 Å². The van der Waals surface area contributed by atoms with Crippen LogP contribution in [0.15, 0.2) is 53.3 Å². The monoisotopic (exact) mass is 311 g/mol. The van der Waals surface area contributed by atoms with E-state index in [0.717, 1.165) is 11.3 Å². The molecule has 0 unspecified atom stereocenters. The Morgan fingerprint density at radius 2 is 2.13 bits per heavy atom. The van der Waals surface area contributed by atoms with Crippen LogP contribution >= 0.6 is 0 Å². The highest BCUT2D eigenvalue weighted by Gasteiger charge is 2.31. The topological polar surface area (TPSA) is 60.1 Å². The van der Waals surface area contributed by atoms with Crippen molar-refractivity contribution in [1.82, 2.24) is 9.78 Å². The summed E-state index contributed by atoms with van der Waals surface area (Å²) in [7, 11) is 0. The molecule has 0 saturated carbocycles. The van der Waals surface area contributed by atoms with Crippen LogP contribution in [0.1, 0.15) is 29.2 Å². The molecule has 23 heavy (non-hydrogen) atoms. The van der Waals surface area contributed by atoms with E-state index in [-0.39, 0.29) is 24.1 Å². The van der Waals surface area contributed by atoms with Crippen LogP contribution in [0.4, 0.5) is 10.2 Å². The Hall–Kier alpha value is -2.89. The smallest absolute Gasteiger partial charge is 0.226 e. The summed E-state index contributed by atoms with van der Waals surface area (Å²) in [5.74, 6) is 0.554. The fourth-order valence-corrected chi connectivity index (χ4v) is 2.98. The van der Waals surface area contributed by atoms with Gasteiger partial charge in [0.15, 0.2) is 0 Å². The molecule has 1 aliphatic rings. The minimum Gasteiger partial charge on any atom is -0.467 e. The number of hydrogen-bond acceptors (Lipinski definition) is 3. The van der Waals surface area contributed by atoms with Gasteiger partial charge in [-0.3, -0.25) is 4.79 Å². The second-order valence-corrected chi connectivity index (χ2v) is 5.51. The van der Waals surface area contributed by atoms with Gasteiger partial charge in [-0.2, -0.15) is 5.10 Å². The number of carbonyl (C=O) groups excluding carboxylic acids is 1. The third kappa shape index (κ3) is 2.42. The summed E-state index contributed by atoms with van der Waals surface area (Å²) >= 11 is 0. The maximum Gasteiger partial charge on any atom is 0.226 e. The molecule has 6 heteroatoms. The van der Waals surface area contributed by atoms with Crippen LogP contribution in [0.25, 0.3) is 0 Å². The van der Waals surface area contributed by atoms with Gasteiger partial charge in [0.1, 0.15) is 23.9 Å². The van der Waals surface area contributed by atoms with Gasteiger partial charge in [-0.15, -0.1) is 0 Å². The zero-order valence-corrected chi connectivity index (χ0v) is 12.2. The number of halogens is 1. The Morgan fingerprint density at radius 1 is 1.26 bits per heavy atom. The van der Waals surface area contributed by atoms with Gasteiger partial charge in [0.05, 0.1) is 12.5 Å². The number of aromatic nitrogens is 2. The van der Waals surface area contributed by atoms with Gasteiger partial charge in [0, 0.05) is 17.9 Å². The summed E-state index contributed by atoms with van der Waals surface area (Å²) in [6.45, 7) is 0.409. The Bertz CT molecular complexity index is 855. The first-order valence-electron chi connectivity index (χ1n) is 7.35. The molecule has 3 heterocycles. The van der Waals surface area contributed by atoms with Crippen molar-refractivity contribution in [2.45, 2.75) is 18.9 Å². The van der Waals surface area contributed by atoms with Crippen LogP contribution in [0.5, 0.6) is 0 Å². The fraction of sp³-hybridized carbons (Fsp3) is 0.176. The SMILES string of the molecule is O=C1C[C@H](c2ccccc2F)c2cnn(Cc3ccco3)c2N1. The molecule has 116 valence electrons. The molecule has 1 aromatic carbocycles. The van der Waals surface area contributed by atoms with Gasteiger partial charge in [-0.05, 0) is 23.8 Å². The fourth-order valence-electron chi connectivity index (χ4n) is 2.98. The van der Waals surface area contributed by atoms with Gasteiger partial charge >= 0.3 is 0 Å². The van der Waals surface area contributed by atoms with E-state index in [0.29, 0.717) is 17.9 Å². The molecular weight excluding hydrogens is 297 g/mol. The number of carbonyl (C=O) groups is 1. The van der Waals surface area contributed by atoms with Gasteiger partial charge < -0.3 is 9.73 Å². The third-order valence-corrected chi connectivity index (χ3v) is 4.06. The minimum atomic E-state index is -0.328. The van der Waals surface area contributed by atoms with E-state index in [4.69, 9.17) is 4.42 Å². The highest BCUT2D eigenvalue weighted by Crippen LogP contribution is 2.38. The van der Waals surface area contributed by atoms with Crippen molar-refractivity contribution in [2.75, 3.05) is 5.32 Å². The lowest BCUT2D eigenvalue weighted by Gasteiger charge is -2.24. The molecule has 1 N–H and O–H groups in total. The molecule has 2 aromatic heterocycles. The van der Waals surface area contributed by atoms with Gasteiger partial charge in [-0.1, -0.05) is 18.2 Å². The van der Waals surface area contributed by atoms with Gasteiger partial charge in [0.2, 0.25) is 5.91 Å². The molecule has 0 bridgehead atoms. The van der Waals surface area contributed by atoms with E-state index in [9.17, 15) is 9.18 Å². The molecule has 0 aliphatic carbocycles. The maximum absolute atomic E-state index is 14.1. The number of anilines is 1. The highest BCUT2D eigenvalue weighted by molar-refractivity contribution is 5.94. The van der Waals surface area contributed by atoms with Crippen LogP contribution in [0.2, 0.25) is 0 Å². The summed E-state index contributed by atoms with van der Waals surface area (Å²) in [6, 6.07) is 10.2. The van der Waals surface area contributed by atoms with E-state index < -0.39 is 0 Å². The molecular formula is C17H14FN3O2. The molecule has 4 rings (SSSR count). The lowest BCUT2D eigenvalue weighted by molar-refractivity contribution is -0.116. The second-order valence-electron chi connectivity index (χ2n) is 5.51. The van der Waals surface area contributed by atoms with Crippen molar-refractivity contribution in [3.05, 3.63) is 71.6 Å². The van der Waals surface area contributed by atoms with Crippen molar-refractivity contribution in [3.63, 3.8) is 0 Å². The number of fused-ring (bicyclic) bond motifs is 1. The average molecular weight is 311 g/mol. The van der Waals surface area contributed by atoms with Crippen molar-refractivity contribution >= 4 is 11.7 Å². The predicted molar refractivity (Wildman–Crippen MR) is 81.5 cm³/mol. The predicted octanol–water partition coefficient (Wildman–Crippen LogP) is 3.14. The largest absolute Gasteiger partial charge is 0.467 e. The first-order valence-corrected chi connectivity index (χ1v) is 7.35. The summed E-state index contributed by atoms with van der Waals surface area (Å²) < 4.78 is 21.1. The molecule has 0 saturated heterocycles. The highest BCUT2D eigenvalue weighted by atomic mass is 19.1. The van der Waals surface area contributed by atoms with Crippen molar-refractivity contribution in [2.24, 2.45) is 0 Å². The average Bonchev–Trinajstić information content (AvgIpc) is 3.18. The van der Waals surface area contributed by atoms with Gasteiger partial charge in [0.25, 0.3) is 0 Å². The Labute approximate surface area is 131 Å². The summed E-state index contributed by atoms with van der Waals surface area (Å²) in [4.78, 5) is 12.1. The first kappa shape index (κ1) is 13.8. The number of rotatable bonds is 3. The van der Waals surface area contributed by atoms with Gasteiger partial charge in [-0.25, -0.2) is 9.07 Å². The number of benzene rings is 1. The van der Waals surface area contributed by atoms with Crippen molar-refractivity contribution in [1.29, 1.82) is 0 Å². The first-order chi connectivity index (χ1) is 11.2. The summed E-state index contributed by atoms with van der Waals surface area (Å²) in [6.07, 6.45) is 3.49. The minimum absolute atomic E-state index is 0.146. The van der Waals surface area contributed by atoms with Crippen LogP contribution < -0.4 is 5.32 Å². The standard InChI is InChI=1S/C17H14FN3O2/c18-15-6-2-1-5-12(15)13-8-16(22)20-17-14(13)9-19-21(17)10-11-4-3-7-23-11/h1-7,9,13H,8,10H2,(H,20,22)/t13-/m1/s1. The van der Waals surface area contributed by atoms with E-state index in [1.165, 1.54) is 6.07 Å². The molecule has 0 fully saturated rings. The molecule has 1 aliphatic heterocycles. The Morgan fingerprint density at radius 3 is 2.91 bits per heavy atom. The molecule has 0 radical (unpaired) electrons. The van der Waals surface area contributed by atoms with Crippen LogP contribution in [0, 0.1) is 5.82 Å². The van der Waals surface area contributed by atoms with Crippen LogP contribution in [0.3, 0.4) is 0 Å². The summed E-state index contributed by atoms with van der Waals surface area (Å²) in [5, 5.41) is 7.17. The normalized spacial score (nSPS) is 16.9. The third-order valence-electron chi connectivity index (χ3n) is 4.06. The number of furan rings is 1. The maximum atomic E-state index is 14.1. The number of nitrogens with zero attached hydrogens (tertiary/aromatic N) is 2. The molecule has 1 amide bonds. The van der Waals surface area contributed by atoms with Crippen molar-refractivity contribution < 1.29 is 13.6 Å². The lowest BCUT2D eigenvalue weighted by atomic mass is 9.87. The van der Waals surface area contributed by atoms with Crippen LogP contribution in [-0.2, 0) is 11.3 Å². The summed E-state index contributed by atoms with van der Waals surface area (Å²) in [5.41, 5.74) is 1.34. The van der Waals surface area contributed by atoms with E-state index in [2.05, 4.69) is 10.4 Å². The quantitative estimate of drug-likeness (QED) is 0.808. The number of amides is 1. The Balaban J connectivity index is 1.75. The molecule has 5 nitrogen and oxygen atoms in total. The zero-order chi connectivity index (χ0) is 15.8. The molecule has 1 atom stereocenters. The zero-order valence-electron chi connectivity index (χ0n) is 12.2. The second kappa shape index (κ2) is 5.39. The molecule has 0 spiro atoms. The van der Waals surface area contributed by atoms with E-state index in [1.807, 2.05) is 6.07 Å². The number of nitrogens with one attached hydrogen (secondary N) is 1. The number of hydrogen-bond donors (Lipinski definition) is 1. The van der Waals surface area contributed by atoms with E-state index in [1.54, 1.807) is 41.4 Å². The molecule has 3 aromatic rings. The van der Waals surface area contributed by atoms with E-state index >= 15 is 0 Å². The van der Waals surface area contributed by atoms with Crippen LogP contribution in [-0.4, -0.2) is 15.7 Å².